The number of urea groups is 1. The predicted octanol–water partition coefficient (Wildman–Crippen LogP) is 2.79. The van der Waals surface area contributed by atoms with Gasteiger partial charge in [0.1, 0.15) is 5.69 Å². The lowest BCUT2D eigenvalue weighted by molar-refractivity contribution is 0.0822. The molecular weight excluding hydrogens is 351 g/mol. The number of carbonyl (C=O) groups excluding carboxylic acids is 2. The van der Waals surface area contributed by atoms with Crippen molar-refractivity contribution >= 4 is 17.6 Å². The molecule has 1 aliphatic rings. The lowest BCUT2D eigenvalue weighted by Gasteiger charge is -2.12. The van der Waals surface area contributed by atoms with E-state index >= 15 is 0 Å². The maximum atomic E-state index is 14.4. The number of rotatable bonds is 6. The molecule has 8 heteroatoms. The molecule has 142 valence electrons. The standard InChI is InChI=1S/C19H21FN4O3/c1-24(2)18(25)15-10-13(8-9-21-15)23-19(26)22-11-12-4-3-5-16(17(12)20)27-14-6-7-14/h3-5,8-10,14H,6-7,11H2,1-2H3,(H2,21,22,23,26). The second-order valence-corrected chi connectivity index (χ2v) is 6.48. The molecule has 0 bridgehead atoms. The number of ether oxygens (including phenoxy) is 1. The zero-order valence-electron chi connectivity index (χ0n) is 15.2. The molecule has 0 radical (unpaired) electrons. The third-order valence-corrected chi connectivity index (χ3v) is 3.94. The Balaban J connectivity index is 1.59. The summed E-state index contributed by atoms with van der Waals surface area (Å²) in [4.78, 5) is 29.4. The average molecular weight is 372 g/mol. The number of aromatic nitrogens is 1. The van der Waals surface area contributed by atoms with Crippen LogP contribution in [0.3, 0.4) is 0 Å². The normalized spacial score (nSPS) is 13.0. The molecule has 1 aliphatic carbocycles. The minimum atomic E-state index is -0.516. The maximum absolute atomic E-state index is 14.4. The lowest BCUT2D eigenvalue weighted by Crippen LogP contribution is -2.29. The third-order valence-electron chi connectivity index (χ3n) is 3.94. The highest BCUT2D eigenvalue weighted by Gasteiger charge is 2.25. The fraction of sp³-hybridized carbons (Fsp3) is 0.316. The molecule has 1 aromatic heterocycles. The van der Waals surface area contributed by atoms with Gasteiger partial charge in [0.25, 0.3) is 5.91 Å². The Morgan fingerprint density at radius 1 is 1.30 bits per heavy atom. The van der Waals surface area contributed by atoms with Crippen LogP contribution in [0.5, 0.6) is 5.75 Å². The molecular formula is C19H21FN4O3. The van der Waals surface area contributed by atoms with Gasteiger partial charge in [-0.1, -0.05) is 12.1 Å². The second-order valence-electron chi connectivity index (χ2n) is 6.48. The van der Waals surface area contributed by atoms with E-state index in [9.17, 15) is 14.0 Å². The maximum Gasteiger partial charge on any atom is 0.319 e. The Bertz CT molecular complexity index is 853. The highest BCUT2D eigenvalue weighted by atomic mass is 19.1. The topological polar surface area (TPSA) is 83.6 Å². The Kier molecular flexibility index (Phi) is 5.54. The van der Waals surface area contributed by atoms with Crippen LogP contribution >= 0.6 is 0 Å². The van der Waals surface area contributed by atoms with Gasteiger partial charge in [-0.15, -0.1) is 0 Å². The van der Waals surface area contributed by atoms with Gasteiger partial charge in [-0.05, 0) is 31.0 Å². The van der Waals surface area contributed by atoms with E-state index in [0.717, 1.165) is 12.8 Å². The highest BCUT2D eigenvalue weighted by molar-refractivity contribution is 5.95. The largest absolute Gasteiger partial charge is 0.487 e. The summed E-state index contributed by atoms with van der Waals surface area (Å²) in [6.07, 6.45) is 3.41. The SMILES string of the molecule is CN(C)C(=O)c1cc(NC(=O)NCc2cccc(OC3CC3)c2F)ccn1. The molecule has 2 aromatic rings. The monoisotopic (exact) mass is 372 g/mol. The van der Waals surface area contributed by atoms with Crippen LogP contribution in [0.2, 0.25) is 0 Å². The minimum Gasteiger partial charge on any atom is -0.487 e. The zero-order valence-corrected chi connectivity index (χ0v) is 15.2. The first-order chi connectivity index (χ1) is 12.9. The molecule has 7 nitrogen and oxygen atoms in total. The number of halogens is 1. The van der Waals surface area contributed by atoms with E-state index in [1.807, 2.05) is 0 Å². The number of hydrogen-bond donors (Lipinski definition) is 2. The van der Waals surface area contributed by atoms with Crippen LogP contribution in [0, 0.1) is 5.82 Å². The molecule has 1 saturated carbocycles. The number of anilines is 1. The Morgan fingerprint density at radius 3 is 2.78 bits per heavy atom. The molecule has 27 heavy (non-hydrogen) atoms. The summed E-state index contributed by atoms with van der Waals surface area (Å²) >= 11 is 0. The van der Waals surface area contributed by atoms with Crippen molar-refractivity contribution in [1.82, 2.24) is 15.2 Å². The van der Waals surface area contributed by atoms with Gasteiger partial charge in [0.2, 0.25) is 0 Å². The molecule has 0 spiro atoms. The highest BCUT2D eigenvalue weighted by Crippen LogP contribution is 2.29. The molecule has 1 aromatic carbocycles. The smallest absolute Gasteiger partial charge is 0.319 e. The first-order valence-electron chi connectivity index (χ1n) is 8.60. The summed E-state index contributed by atoms with van der Waals surface area (Å²) < 4.78 is 19.9. The number of pyridine rings is 1. The summed E-state index contributed by atoms with van der Waals surface area (Å²) in [5, 5.41) is 5.20. The Labute approximate surface area is 156 Å². The van der Waals surface area contributed by atoms with Crippen molar-refractivity contribution in [3.8, 4) is 5.75 Å². The van der Waals surface area contributed by atoms with Crippen molar-refractivity contribution in [3.63, 3.8) is 0 Å². The molecule has 0 atom stereocenters. The van der Waals surface area contributed by atoms with E-state index < -0.39 is 11.8 Å². The van der Waals surface area contributed by atoms with Gasteiger partial charge in [0.15, 0.2) is 11.6 Å². The van der Waals surface area contributed by atoms with Crippen LogP contribution in [0.25, 0.3) is 0 Å². The van der Waals surface area contributed by atoms with E-state index in [0.29, 0.717) is 11.3 Å². The number of nitrogens with one attached hydrogen (secondary N) is 2. The zero-order chi connectivity index (χ0) is 19.4. The molecule has 1 heterocycles. The van der Waals surface area contributed by atoms with Gasteiger partial charge in [0, 0.05) is 38.1 Å². The number of amides is 3. The van der Waals surface area contributed by atoms with Gasteiger partial charge in [-0.2, -0.15) is 0 Å². The van der Waals surface area contributed by atoms with Gasteiger partial charge >= 0.3 is 6.03 Å². The summed E-state index contributed by atoms with van der Waals surface area (Å²) in [6, 6.07) is 7.39. The van der Waals surface area contributed by atoms with Crippen molar-refractivity contribution in [2.24, 2.45) is 0 Å². The van der Waals surface area contributed by atoms with Crippen LogP contribution in [-0.4, -0.2) is 42.0 Å². The first kappa shape index (κ1) is 18.6. The minimum absolute atomic E-state index is 0.00804. The lowest BCUT2D eigenvalue weighted by atomic mass is 10.2. The van der Waals surface area contributed by atoms with Crippen LogP contribution < -0.4 is 15.4 Å². The number of carbonyl (C=O) groups is 2. The third kappa shape index (κ3) is 4.93. The predicted molar refractivity (Wildman–Crippen MR) is 98.2 cm³/mol. The van der Waals surface area contributed by atoms with E-state index in [1.165, 1.54) is 17.2 Å². The van der Waals surface area contributed by atoms with Crippen LogP contribution in [-0.2, 0) is 6.54 Å². The molecule has 3 amide bonds. The summed E-state index contributed by atoms with van der Waals surface area (Å²) in [5.74, 6) is -0.528. The quantitative estimate of drug-likeness (QED) is 0.817. The van der Waals surface area contributed by atoms with Crippen molar-refractivity contribution in [2.75, 3.05) is 19.4 Å². The van der Waals surface area contributed by atoms with Gasteiger partial charge in [0.05, 0.1) is 6.10 Å². The number of nitrogens with zero attached hydrogens (tertiary/aromatic N) is 2. The molecule has 0 unspecified atom stereocenters. The van der Waals surface area contributed by atoms with Gasteiger partial charge < -0.3 is 20.3 Å². The molecule has 2 N–H and O–H groups in total. The molecule has 1 fully saturated rings. The van der Waals surface area contributed by atoms with E-state index in [1.54, 1.807) is 38.4 Å². The van der Waals surface area contributed by atoms with E-state index in [-0.39, 0.29) is 30.0 Å². The average Bonchev–Trinajstić information content (AvgIpc) is 3.46. The van der Waals surface area contributed by atoms with Crippen molar-refractivity contribution in [3.05, 3.63) is 53.6 Å². The molecule has 0 saturated heterocycles. The van der Waals surface area contributed by atoms with Gasteiger partial charge in [-0.3, -0.25) is 9.78 Å². The first-order valence-corrected chi connectivity index (χ1v) is 8.60. The van der Waals surface area contributed by atoms with Crippen molar-refractivity contribution < 1.29 is 18.7 Å². The van der Waals surface area contributed by atoms with Crippen LogP contribution in [0.4, 0.5) is 14.9 Å². The Morgan fingerprint density at radius 2 is 2.07 bits per heavy atom. The fourth-order valence-electron chi connectivity index (χ4n) is 2.35. The van der Waals surface area contributed by atoms with E-state index in [2.05, 4.69) is 15.6 Å². The second kappa shape index (κ2) is 8.03. The van der Waals surface area contributed by atoms with Gasteiger partial charge in [-0.25, -0.2) is 9.18 Å². The number of hydrogen-bond acceptors (Lipinski definition) is 4. The van der Waals surface area contributed by atoms with Crippen molar-refractivity contribution in [2.45, 2.75) is 25.5 Å². The number of benzene rings is 1. The fourth-order valence-corrected chi connectivity index (χ4v) is 2.35. The summed E-state index contributed by atoms with van der Waals surface area (Å²) in [6.45, 7) is 0.00804. The van der Waals surface area contributed by atoms with Crippen LogP contribution in [0.1, 0.15) is 28.9 Å². The molecule has 0 aliphatic heterocycles. The van der Waals surface area contributed by atoms with Crippen LogP contribution in [0.15, 0.2) is 36.5 Å². The van der Waals surface area contributed by atoms with Crippen molar-refractivity contribution in [1.29, 1.82) is 0 Å². The molecule has 3 rings (SSSR count). The summed E-state index contributed by atoms with van der Waals surface area (Å²) in [7, 11) is 3.23. The Hall–Kier alpha value is -3.16. The van der Waals surface area contributed by atoms with E-state index in [4.69, 9.17) is 4.74 Å². The summed E-state index contributed by atoms with van der Waals surface area (Å²) in [5.41, 5.74) is 0.967.